The lowest BCUT2D eigenvalue weighted by molar-refractivity contribution is 0.0687. The standard InChI is InChI=1S/C11H15N3O2/c1-3-14-5-4-8-9(6-14)12-7(2)13-10(8)11(15)16/h3-6H2,1-2H3,(H,15,16). The number of nitrogens with zero attached hydrogens (tertiary/aromatic N) is 3. The van der Waals surface area contributed by atoms with Gasteiger partial charge in [-0.15, -0.1) is 0 Å². The Morgan fingerprint density at radius 1 is 1.50 bits per heavy atom. The molecule has 0 amide bonds. The van der Waals surface area contributed by atoms with Gasteiger partial charge in [-0.3, -0.25) is 4.90 Å². The van der Waals surface area contributed by atoms with Crippen molar-refractivity contribution >= 4 is 5.97 Å². The number of carboxylic acid groups (broad SMARTS) is 1. The van der Waals surface area contributed by atoms with Gasteiger partial charge in [-0.2, -0.15) is 0 Å². The number of hydrogen-bond acceptors (Lipinski definition) is 4. The van der Waals surface area contributed by atoms with Gasteiger partial charge in [0.2, 0.25) is 0 Å². The molecule has 0 unspecified atom stereocenters. The normalized spacial score (nSPS) is 15.9. The van der Waals surface area contributed by atoms with Crippen molar-refractivity contribution in [2.45, 2.75) is 26.8 Å². The number of rotatable bonds is 2. The smallest absolute Gasteiger partial charge is 0.354 e. The summed E-state index contributed by atoms with van der Waals surface area (Å²) in [5.41, 5.74) is 1.86. The van der Waals surface area contributed by atoms with Crippen molar-refractivity contribution in [1.29, 1.82) is 0 Å². The molecule has 0 bridgehead atoms. The van der Waals surface area contributed by atoms with Gasteiger partial charge in [0.15, 0.2) is 5.69 Å². The molecule has 2 rings (SSSR count). The van der Waals surface area contributed by atoms with E-state index in [2.05, 4.69) is 21.8 Å². The number of carbonyl (C=O) groups is 1. The van der Waals surface area contributed by atoms with Crippen LogP contribution in [0.2, 0.25) is 0 Å². The molecule has 1 aliphatic rings. The highest BCUT2D eigenvalue weighted by Crippen LogP contribution is 2.19. The van der Waals surface area contributed by atoms with E-state index >= 15 is 0 Å². The molecule has 5 heteroatoms. The van der Waals surface area contributed by atoms with Gasteiger partial charge >= 0.3 is 5.97 Å². The van der Waals surface area contributed by atoms with Gasteiger partial charge in [-0.25, -0.2) is 14.8 Å². The first-order valence-electron chi connectivity index (χ1n) is 5.44. The highest BCUT2D eigenvalue weighted by atomic mass is 16.4. The lowest BCUT2D eigenvalue weighted by atomic mass is 10.0. The van der Waals surface area contributed by atoms with Crippen molar-refractivity contribution in [3.8, 4) is 0 Å². The third-order valence-electron chi connectivity index (χ3n) is 2.91. The van der Waals surface area contributed by atoms with E-state index in [0.29, 0.717) is 5.82 Å². The van der Waals surface area contributed by atoms with Crippen LogP contribution in [0.1, 0.15) is 34.5 Å². The van der Waals surface area contributed by atoms with Crippen LogP contribution in [0.3, 0.4) is 0 Å². The molecule has 1 aromatic rings. The molecule has 0 radical (unpaired) electrons. The fraction of sp³-hybridized carbons (Fsp3) is 0.545. The van der Waals surface area contributed by atoms with E-state index in [0.717, 1.165) is 37.3 Å². The minimum absolute atomic E-state index is 0.179. The summed E-state index contributed by atoms with van der Waals surface area (Å²) in [5.74, 6) is -0.416. The van der Waals surface area contributed by atoms with Crippen LogP contribution < -0.4 is 0 Å². The number of carboxylic acids is 1. The molecule has 5 nitrogen and oxygen atoms in total. The van der Waals surface area contributed by atoms with Crippen LogP contribution in [0.4, 0.5) is 0 Å². The Labute approximate surface area is 94.1 Å². The molecule has 2 heterocycles. The molecular formula is C11H15N3O2. The summed E-state index contributed by atoms with van der Waals surface area (Å²) in [4.78, 5) is 21.7. The largest absolute Gasteiger partial charge is 0.477 e. The van der Waals surface area contributed by atoms with Crippen LogP contribution in [0.25, 0.3) is 0 Å². The van der Waals surface area contributed by atoms with E-state index in [-0.39, 0.29) is 5.69 Å². The summed E-state index contributed by atoms with van der Waals surface area (Å²) in [7, 11) is 0. The summed E-state index contributed by atoms with van der Waals surface area (Å²) in [5, 5.41) is 9.08. The summed E-state index contributed by atoms with van der Waals surface area (Å²) < 4.78 is 0. The average molecular weight is 221 g/mol. The van der Waals surface area contributed by atoms with Crippen molar-refractivity contribution in [1.82, 2.24) is 14.9 Å². The Bertz CT molecular complexity index is 431. The SMILES string of the molecule is CCN1CCc2c(nc(C)nc2C(=O)O)C1. The second-order valence-electron chi connectivity index (χ2n) is 3.97. The summed E-state index contributed by atoms with van der Waals surface area (Å²) >= 11 is 0. The molecule has 0 saturated carbocycles. The van der Waals surface area contributed by atoms with Crippen molar-refractivity contribution in [3.05, 3.63) is 22.8 Å². The van der Waals surface area contributed by atoms with Gasteiger partial charge in [0, 0.05) is 18.7 Å². The molecule has 0 aromatic carbocycles. The monoisotopic (exact) mass is 221 g/mol. The maximum Gasteiger partial charge on any atom is 0.354 e. The minimum Gasteiger partial charge on any atom is -0.477 e. The van der Waals surface area contributed by atoms with Crippen LogP contribution >= 0.6 is 0 Å². The number of aromatic carboxylic acids is 1. The first kappa shape index (κ1) is 11.0. The molecule has 0 atom stereocenters. The molecule has 1 N–H and O–H groups in total. The molecule has 1 aromatic heterocycles. The summed E-state index contributed by atoms with van der Waals surface area (Å²) in [6.07, 6.45) is 0.727. The Morgan fingerprint density at radius 2 is 2.25 bits per heavy atom. The molecule has 0 aliphatic carbocycles. The molecule has 0 spiro atoms. The van der Waals surface area contributed by atoms with E-state index in [1.165, 1.54) is 0 Å². The van der Waals surface area contributed by atoms with E-state index < -0.39 is 5.97 Å². The van der Waals surface area contributed by atoms with Crippen molar-refractivity contribution in [2.75, 3.05) is 13.1 Å². The van der Waals surface area contributed by atoms with Crippen LogP contribution in [-0.4, -0.2) is 39.0 Å². The molecule has 0 saturated heterocycles. The summed E-state index contributed by atoms with van der Waals surface area (Å²) in [6.45, 7) is 6.41. The first-order chi connectivity index (χ1) is 7.61. The van der Waals surface area contributed by atoms with Gasteiger partial charge in [0.05, 0.1) is 5.69 Å². The average Bonchev–Trinajstić information content (AvgIpc) is 2.26. The molecule has 16 heavy (non-hydrogen) atoms. The quantitative estimate of drug-likeness (QED) is 0.802. The topological polar surface area (TPSA) is 66.3 Å². The van der Waals surface area contributed by atoms with Gasteiger partial charge in [-0.05, 0) is 19.9 Å². The molecular weight excluding hydrogens is 206 g/mol. The van der Waals surface area contributed by atoms with Crippen molar-refractivity contribution in [3.63, 3.8) is 0 Å². The van der Waals surface area contributed by atoms with Gasteiger partial charge < -0.3 is 5.11 Å². The predicted octanol–water partition coefficient (Wildman–Crippen LogP) is 0.861. The van der Waals surface area contributed by atoms with Crippen molar-refractivity contribution < 1.29 is 9.90 Å². The van der Waals surface area contributed by atoms with Gasteiger partial charge in [-0.1, -0.05) is 6.92 Å². The van der Waals surface area contributed by atoms with Gasteiger partial charge in [0.1, 0.15) is 5.82 Å². The Morgan fingerprint density at radius 3 is 2.88 bits per heavy atom. The van der Waals surface area contributed by atoms with Crippen LogP contribution in [0, 0.1) is 6.92 Å². The van der Waals surface area contributed by atoms with Gasteiger partial charge in [0.25, 0.3) is 0 Å². The minimum atomic E-state index is -0.952. The molecule has 0 fully saturated rings. The fourth-order valence-electron chi connectivity index (χ4n) is 2.05. The summed E-state index contributed by atoms with van der Waals surface area (Å²) in [6, 6.07) is 0. The van der Waals surface area contributed by atoms with Crippen LogP contribution in [0.15, 0.2) is 0 Å². The Hall–Kier alpha value is -1.49. The number of aryl methyl sites for hydroxylation is 1. The van der Waals surface area contributed by atoms with Crippen LogP contribution in [-0.2, 0) is 13.0 Å². The van der Waals surface area contributed by atoms with E-state index in [4.69, 9.17) is 5.11 Å². The number of likely N-dealkylation sites (N-methyl/N-ethyl adjacent to an activating group) is 1. The maximum absolute atomic E-state index is 11.1. The third kappa shape index (κ3) is 1.90. The van der Waals surface area contributed by atoms with E-state index in [1.54, 1.807) is 6.92 Å². The number of aromatic nitrogens is 2. The van der Waals surface area contributed by atoms with E-state index in [1.807, 2.05) is 0 Å². The predicted molar refractivity (Wildman–Crippen MR) is 58.4 cm³/mol. The second kappa shape index (κ2) is 4.17. The second-order valence-corrected chi connectivity index (χ2v) is 3.97. The third-order valence-corrected chi connectivity index (χ3v) is 2.91. The van der Waals surface area contributed by atoms with Crippen molar-refractivity contribution in [2.24, 2.45) is 0 Å². The fourth-order valence-corrected chi connectivity index (χ4v) is 2.05. The zero-order valence-electron chi connectivity index (χ0n) is 9.53. The Balaban J connectivity index is 2.45. The zero-order chi connectivity index (χ0) is 11.7. The lowest BCUT2D eigenvalue weighted by Gasteiger charge is -2.27. The highest BCUT2D eigenvalue weighted by Gasteiger charge is 2.23. The number of hydrogen-bond donors (Lipinski definition) is 1. The maximum atomic E-state index is 11.1. The number of fused-ring (bicyclic) bond motifs is 1. The first-order valence-corrected chi connectivity index (χ1v) is 5.44. The molecule has 1 aliphatic heterocycles. The highest BCUT2D eigenvalue weighted by molar-refractivity contribution is 5.87. The lowest BCUT2D eigenvalue weighted by Crippen LogP contribution is -2.32. The molecule has 86 valence electrons. The zero-order valence-corrected chi connectivity index (χ0v) is 9.53. The Kier molecular flexibility index (Phi) is 2.87. The van der Waals surface area contributed by atoms with E-state index in [9.17, 15) is 4.79 Å². The van der Waals surface area contributed by atoms with Crippen LogP contribution in [0.5, 0.6) is 0 Å².